The van der Waals surface area contributed by atoms with Crippen molar-refractivity contribution in [3.63, 3.8) is 0 Å². The SMILES string of the molecule is Cc1c(CN2CCN(C(=O)C(C)O)CC2)sc2c(SN3CCOCC3)nc(-c3cnc(N)nc3)nc12. The van der Waals surface area contributed by atoms with Crippen LogP contribution in [0.5, 0.6) is 0 Å². The van der Waals surface area contributed by atoms with Crippen molar-refractivity contribution in [2.24, 2.45) is 0 Å². The lowest BCUT2D eigenvalue weighted by molar-refractivity contribution is -0.141. The third kappa shape index (κ3) is 5.45. The molecule has 5 rings (SSSR count). The predicted molar refractivity (Wildman–Crippen MR) is 139 cm³/mol. The van der Waals surface area contributed by atoms with Gasteiger partial charge in [-0.25, -0.2) is 24.2 Å². The van der Waals surface area contributed by atoms with E-state index in [0.29, 0.717) is 32.1 Å². The number of hydrogen-bond acceptors (Lipinski definition) is 12. The normalized spacial score (nSPS) is 18.6. The van der Waals surface area contributed by atoms with Gasteiger partial charge in [0.05, 0.1) is 29.0 Å². The average Bonchev–Trinajstić information content (AvgIpc) is 3.20. The van der Waals surface area contributed by atoms with Crippen LogP contribution in [-0.2, 0) is 16.1 Å². The molecule has 2 aliphatic heterocycles. The highest BCUT2D eigenvalue weighted by Gasteiger charge is 2.26. The van der Waals surface area contributed by atoms with Gasteiger partial charge >= 0.3 is 0 Å². The Bertz CT molecular complexity index is 1220. The summed E-state index contributed by atoms with van der Waals surface area (Å²) < 4.78 is 8.87. The van der Waals surface area contributed by atoms with Crippen molar-refractivity contribution in [1.82, 2.24) is 34.0 Å². The summed E-state index contributed by atoms with van der Waals surface area (Å²) in [5.41, 5.74) is 8.49. The largest absolute Gasteiger partial charge is 0.384 e. The molecule has 2 saturated heterocycles. The molecular weight excluding hydrogens is 500 g/mol. The molecule has 3 aromatic heterocycles. The Balaban J connectivity index is 1.43. The number of rotatable bonds is 6. The van der Waals surface area contributed by atoms with Gasteiger partial charge < -0.3 is 20.5 Å². The molecule has 1 atom stereocenters. The van der Waals surface area contributed by atoms with Crippen molar-refractivity contribution in [2.45, 2.75) is 31.5 Å². The quantitative estimate of drug-likeness (QED) is 0.354. The van der Waals surface area contributed by atoms with E-state index < -0.39 is 6.10 Å². The molecule has 36 heavy (non-hydrogen) atoms. The third-order valence-electron chi connectivity index (χ3n) is 6.36. The maximum absolute atomic E-state index is 12.1. The Morgan fingerprint density at radius 2 is 1.86 bits per heavy atom. The van der Waals surface area contributed by atoms with Crippen LogP contribution in [0.15, 0.2) is 17.4 Å². The van der Waals surface area contributed by atoms with Crippen molar-refractivity contribution in [3.8, 4) is 11.4 Å². The topological polar surface area (TPSA) is 134 Å². The number of piperazine rings is 1. The molecule has 0 aromatic carbocycles. The second-order valence-corrected chi connectivity index (χ2v) is 11.1. The molecule has 192 valence electrons. The first-order valence-electron chi connectivity index (χ1n) is 12.0. The first-order valence-corrected chi connectivity index (χ1v) is 13.6. The summed E-state index contributed by atoms with van der Waals surface area (Å²) in [4.78, 5) is 35.5. The number of aromatic nitrogens is 4. The second-order valence-electron chi connectivity index (χ2n) is 8.92. The van der Waals surface area contributed by atoms with E-state index in [4.69, 9.17) is 20.4 Å². The van der Waals surface area contributed by atoms with Crippen molar-refractivity contribution < 1.29 is 14.6 Å². The predicted octanol–water partition coefficient (Wildman–Crippen LogP) is 1.40. The number of nitrogens with two attached hydrogens (primary N) is 1. The van der Waals surface area contributed by atoms with E-state index in [-0.39, 0.29) is 11.9 Å². The number of anilines is 1. The molecule has 3 aromatic rings. The van der Waals surface area contributed by atoms with Crippen LogP contribution in [-0.4, -0.2) is 104 Å². The molecule has 0 radical (unpaired) electrons. The molecule has 0 bridgehead atoms. The molecule has 3 N–H and O–H groups in total. The van der Waals surface area contributed by atoms with Crippen molar-refractivity contribution in [1.29, 1.82) is 0 Å². The van der Waals surface area contributed by atoms with Gasteiger partial charge in [-0.15, -0.1) is 11.3 Å². The van der Waals surface area contributed by atoms with Gasteiger partial charge in [-0.05, 0) is 31.4 Å². The molecule has 0 aliphatic carbocycles. The monoisotopic (exact) mass is 530 g/mol. The number of thiophene rings is 1. The molecular formula is C23H30N8O3S2. The summed E-state index contributed by atoms with van der Waals surface area (Å²) in [6.07, 6.45) is 2.36. The van der Waals surface area contributed by atoms with Gasteiger partial charge in [0, 0.05) is 63.1 Å². The van der Waals surface area contributed by atoms with E-state index in [0.717, 1.165) is 59.1 Å². The van der Waals surface area contributed by atoms with Gasteiger partial charge in [0.25, 0.3) is 5.91 Å². The summed E-state index contributed by atoms with van der Waals surface area (Å²) in [7, 11) is 0. The smallest absolute Gasteiger partial charge is 0.251 e. The van der Waals surface area contributed by atoms with E-state index in [1.54, 1.807) is 40.6 Å². The van der Waals surface area contributed by atoms with Crippen LogP contribution in [0.25, 0.3) is 21.6 Å². The molecule has 0 saturated carbocycles. The zero-order chi connectivity index (χ0) is 25.2. The van der Waals surface area contributed by atoms with Crippen molar-refractivity contribution in [2.75, 3.05) is 58.2 Å². The highest BCUT2D eigenvalue weighted by atomic mass is 32.2. The maximum Gasteiger partial charge on any atom is 0.251 e. The molecule has 1 amide bonds. The first-order chi connectivity index (χ1) is 17.4. The fourth-order valence-corrected chi connectivity index (χ4v) is 6.55. The fraction of sp³-hybridized carbons (Fsp3) is 0.522. The van der Waals surface area contributed by atoms with Crippen LogP contribution in [0.2, 0.25) is 0 Å². The van der Waals surface area contributed by atoms with Crippen molar-refractivity contribution >= 4 is 45.4 Å². The zero-order valence-electron chi connectivity index (χ0n) is 20.4. The second kappa shape index (κ2) is 10.9. The summed E-state index contributed by atoms with van der Waals surface area (Å²) >= 11 is 3.38. The number of nitrogen functional groups attached to an aromatic ring is 1. The number of hydrogen-bond donors (Lipinski definition) is 2. The number of amides is 1. The van der Waals surface area contributed by atoms with Crippen molar-refractivity contribution in [3.05, 3.63) is 22.8 Å². The molecule has 13 heteroatoms. The number of nitrogens with zero attached hydrogens (tertiary/aromatic N) is 7. The lowest BCUT2D eigenvalue weighted by Crippen LogP contribution is -2.50. The van der Waals surface area contributed by atoms with Gasteiger partial charge in [-0.1, -0.05) is 0 Å². The minimum Gasteiger partial charge on any atom is -0.384 e. The van der Waals surface area contributed by atoms with E-state index in [1.807, 2.05) is 0 Å². The number of aliphatic hydroxyl groups is 1. The van der Waals surface area contributed by atoms with Crippen LogP contribution in [0.1, 0.15) is 17.4 Å². The molecule has 5 heterocycles. The van der Waals surface area contributed by atoms with E-state index in [1.165, 1.54) is 11.8 Å². The summed E-state index contributed by atoms with van der Waals surface area (Å²) in [5, 5.41) is 10.5. The lowest BCUT2D eigenvalue weighted by Gasteiger charge is -2.35. The fourth-order valence-electron chi connectivity index (χ4n) is 4.26. The van der Waals surface area contributed by atoms with Gasteiger partial charge in [-0.3, -0.25) is 9.69 Å². The van der Waals surface area contributed by atoms with Crippen LogP contribution < -0.4 is 5.73 Å². The number of morpholine rings is 1. The zero-order valence-corrected chi connectivity index (χ0v) is 22.0. The lowest BCUT2D eigenvalue weighted by atomic mass is 10.2. The average molecular weight is 531 g/mol. The number of aliphatic hydroxyl groups excluding tert-OH is 1. The van der Waals surface area contributed by atoms with Gasteiger partial charge in [0.2, 0.25) is 5.95 Å². The van der Waals surface area contributed by atoms with Gasteiger partial charge in [-0.2, -0.15) is 0 Å². The van der Waals surface area contributed by atoms with E-state index in [2.05, 4.69) is 26.1 Å². The van der Waals surface area contributed by atoms with Crippen LogP contribution >= 0.6 is 23.3 Å². The van der Waals surface area contributed by atoms with Crippen LogP contribution in [0.3, 0.4) is 0 Å². The van der Waals surface area contributed by atoms with Gasteiger partial charge in [0.15, 0.2) is 5.82 Å². The summed E-state index contributed by atoms with van der Waals surface area (Å²) in [6, 6.07) is 0. The number of carbonyl (C=O) groups is 1. The van der Waals surface area contributed by atoms with E-state index in [9.17, 15) is 9.90 Å². The standard InChI is InChI=1S/C23H30N8O3S2/c1-14-17(13-29-3-5-30(6-4-29)22(33)15(2)32)35-19-18(14)27-20(16-11-25-23(24)26-12-16)28-21(19)36-31-7-9-34-10-8-31/h11-12,15,32H,3-10,13H2,1-2H3,(H2,24,25,26). The molecule has 11 nitrogen and oxygen atoms in total. The molecule has 1 unspecified atom stereocenters. The number of fused-ring (bicyclic) bond motifs is 1. The Labute approximate surface area is 217 Å². The molecule has 2 fully saturated rings. The number of ether oxygens (including phenoxy) is 1. The Kier molecular flexibility index (Phi) is 7.65. The third-order valence-corrected chi connectivity index (χ3v) is 8.85. The molecule has 2 aliphatic rings. The van der Waals surface area contributed by atoms with Crippen LogP contribution in [0, 0.1) is 6.92 Å². The minimum atomic E-state index is -0.956. The first kappa shape index (κ1) is 25.2. The minimum absolute atomic E-state index is 0.202. The molecule has 0 spiro atoms. The maximum atomic E-state index is 12.1. The highest BCUT2D eigenvalue weighted by molar-refractivity contribution is 7.97. The number of carbonyl (C=O) groups excluding carboxylic acids is 1. The highest BCUT2D eigenvalue weighted by Crippen LogP contribution is 2.39. The number of aryl methyl sites for hydroxylation is 1. The summed E-state index contributed by atoms with van der Waals surface area (Å²) in [6.45, 7) is 10.3. The van der Waals surface area contributed by atoms with Gasteiger partial charge in [0.1, 0.15) is 11.1 Å². The van der Waals surface area contributed by atoms with Crippen LogP contribution in [0.4, 0.5) is 5.95 Å². The Morgan fingerprint density at radius 1 is 1.17 bits per heavy atom. The van der Waals surface area contributed by atoms with E-state index >= 15 is 0 Å². The summed E-state index contributed by atoms with van der Waals surface area (Å²) in [5.74, 6) is 0.592. The Morgan fingerprint density at radius 3 is 2.53 bits per heavy atom. The Hall–Kier alpha value is -2.42.